The first-order valence-corrected chi connectivity index (χ1v) is 11.0. The van der Waals surface area contributed by atoms with Crippen LogP contribution in [-0.2, 0) is 14.3 Å². The van der Waals surface area contributed by atoms with Crippen molar-refractivity contribution in [2.24, 2.45) is 28.6 Å². The number of ketones is 1. The van der Waals surface area contributed by atoms with E-state index in [1.165, 1.54) is 36.8 Å². The monoisotopic (exact) mass is 370 g/mol. The molecule has 0 spiro atoms. The van der Waals surface area contributed by atoms with E-state index in [1.807, 2.05) is 13.0 Å². The molecule has 0 aromatic rings. The Balaban J connectivity index is 1.56. The summed E-state index contributed by atoms with van der Waals surface area (Å²) in [4.78, 5) is 23.8. The lowest BCUT2D eigenvalue weighted by Gasteiger charge is -2.57. The standard InChI is InChI=1S/C24H34O3/c1-4-27-22(26)10-7-16-6-9-20-19-8-5-17-15-18(25)11-13-24(17,3)21(19)12-14-23(16,20)2/h7,15,19-21H,4-6,8-14H2,1-3H3/t19-,20-,21-,23+,24-/m0/s1. The van der Waals surface area contributed by atoms with Crippen molar-refractivity contribution in [1.29, 1.82) is 0 Å². The lowest BCUT2D eigenvalue weighted by atomic mass is 9.47. The summed E-state index contributed by atoms with van der Waals surface area (Å²) in [7, 11) is 0. The van der Waals surface area contributed by atoms with Crippen LogP contribution < -0.4 is 0 Å². The summed E-state index contributed by atoms with van der Waals surface area (Å²) in [5, 5.41) is 0. The molecule has 0 radical (unpaired) electrons. The van der Waals surface area contributed by atoms with Gasteiger partial charge in [-0.3, -0.25) is 9.59 Å². The molecular weight excluding hydrogens is 336 g/mol. The minimum Gasteiger partial charge on any atom is -0.466 e. The Hall–Kier alpha value is -1.38. The van der Waals surface area contributed by atoms with Crippen LogP contribution in [0.5, 0.6) is 0 Å². The van der Waals surface area contributed by atoms with Gasteiger partial charge in [0.2, 0.25) is 0 Å². The molecule has 0 aliphatic heterocycles. The second-order valence-electron chi connectivity index (χ2n) is 9.70. The lowest BCUT2D eigenvalue weighted by molar-refractivity contribution is -0.142. The average molecular weight is 371 g/mol. The first-order chi connectivity index (χ1) is 12.9. The van der Waals surface area contributed by atoms with Crippen LogP contribution in [0.1, 0.15) is 78.6 Å². The Morgan fingerprint density at radius 1 is 1.11 bits per heavy atom. The average Bonchev–Trinajstić information content (AvgIpc) is 2.97. The van der Waals surface area contributed by atoms with Crippen LogP contribution in [0.4, 0.5) is 0 Å². The van der Waals surface area contributed by atoms with Crippen LogP contribution in [0.15, 0.2) is 23.3 Å². The van der Waals surface area contributed by atoms with Crippen molar-refractivity contribution in [2.45, 2.75) is 78.6 Å². The smallest absolute Gasteiger partial charge is 0.309 e. The number of esters is 1. The highest BCUT2D eigenvalue weighted by Gasteiger charge is 2.57. The number of hydrogen-bond acceptors (Lipinski definition) is 3. The van der Waals surface area contributed by atoms with Crippen LogP contribution in [0, 0.1) is 28.6 Å². The Morgan fingerprint density at radius 3 is 2.67 bits per heavy atom. The molecule has 0 aromatic carbocycles. The fourth-order valence-corrected chi connectivity index (χ4v) is 7.17. The van der Waals surface area contributed by atoms with Gasteiger partial charge >= 0.3 is 5.97 Å². The molecule has 0 N–H and O–H groups in total. The minimum absolute atomic E-state index is 0.0995. The van der Waals surface area contributed by atoms with E-state index in [0.29, 0.717) is 18.8 Å². The van der Waals surface area contributed by atoms with E-state index in [9.17, 15) is 9.59 Å². The van der Waals surface area contributed by atoms with Gasteiger partial charge in [0.05, 0.1) is 13.0 Å². The SMILES string of the molecule is CCOC(=O)CC=C1CC[C@H]2[C@@H]3CCC4=CC(=O)CC[C@]4(C)[C@H]3CC[C@]12C. The zero-order valence-electron chi connectivity index (χ0n) is 17.2. The van der Waals surface area contributed by atoms with E-state index in [2.05, 4.69) is 19.9 Å². The van der Waals surface area contributed by atoms with Crippen molar-refractivity contribution >= 4 is 11.8 Å². The van der Waals surface area contributed by atoms with Crippen LogP contribution >= 0.6 is 0 Å². The maximum Gasteiger partial charge on any atom is 0.309 e. The van der Waals surface area contributed by atoms with Crippen LogP contribution in [0.3, 0.4) is 0 Å². The van der Waals surface area contributed by atoms with Gasteiger partial charge < -0.3 is 4.74 Å². The Morgan fingerprint density at radius 2 is 1.89 bits per heavy atom. The first-order valence-electron chi connectivity index (χ1n) is 11.0. The van der Waals surface area contributed by atoms with Gasteiger partial charge in [-0.05, 0) is 86.5 Å². The Labute approximate surface area is 163 Å². The Bertz CT molecular complexity index is 702. The van der Waals surface area contributed by atoms with E-state index in [-0.39, 0.29) is 16.8 Å². The molecule has 27 heavy (non-hydrogen) atoms. The predicted octanol–water partition coefficient (Wildman–Crippen LogP) is 5.40. The summed E-state index contributed by atoms with van der Waals surface area (Å²) < 4.78 is 5.12. The van der Waals surface area contributed by atoms with Crippen molar-refractivity contribution in [3.8, 4) is 0 Å². The van der Waals surface area contributed by atoms with Crippen molar-refractivity contribution in [1.82, 2.24) is 0 Å². The highest BCUT2D eigenvalue weighted by atomic mass is 16.5. The minimum atomic E-state index is -0.0995. The molecule has 4 aliphatic rings. The number of allylic oxidation sites excluding steroid dienone is 2. The highest BCUT2D eigenvalue weighted by Crippen LogP contribution is 2.66. The molecule has 148 valence electrons. The van der Waals surface area contributed by atoms with Gasteiger partial charge in [-0.15, -0.1) is 0 Å². The third-order valence-corrected chi connectivity index (χ3v) is 8.63. The molecule has 0 saturated heterocycles. The summed E-state index contributed by atoms with van der Waals surface area (Å²) in [6.07, 6.45) is 13.6. The van der Waals surface area contributed by atoms with E-state index in [0.717, 1.165) is 43.4 Å². The fraction of sp³-hybridized carbons (Fsp3) is 0.750. The largest absolute Gasteiger partial charge is 0.466 e. The van der Waals surface area contributed by atoms with Crippen LogP contribution in [0.2, 0.25) is 0 Å². The van der Waals surface area contributed by atoms with Crippen molar-refractivity contribution in [2.75, 3.05) is 6.61 Å². The van der Waals surface area contributed by atoms with Gasteiger partial charge in [-0.1, -0.05) is 31.1 Å². The lowest BCUT2D eigenvalue weighted by Crippen LogP contribution is -2.49. The molecule has 3 heteroatoms. The molecule has 0 heterocycles. The zero-order chi connectivity index (χ0) is 19.2. The summed E-state index contributed by atoms with van der Waals surface area (Å²) >= 11 is 0. The van der Waals surface area contributed by atoms with Crippen LogP contribution in [-0.4, -0.2) is 18.4 Å². The molecule has 0 aromatic heterocycles. The van der Waals surface area contributed by atoms with E-state index in [1.54, 1.807) is 0 Å². The fourth-order valence-electron chi connectivity index (χ4n) is 7.17. The number of hydrogen-bond donors (Lipinski definition) is 0. The highest BCUT2D eigenvalue weighted by molar-refractivity contribution is 5.91. The molecule has 3 saturated carbocycles. The summed E-state index contributed by atoms with van der Waals surface area (Å²) in [5.41, 5.74) is 3.45. The second kappa shape index (κ2) is 6.90. The van der Waals surface area contributed by atoms with E-state index in [4.69, 9.17) is 4.74 Å². The van der Waals surface area contributed by atoms with Crippen molar-refractivity contribution < 1.29 is 14.3 Å². The first kappa shape index (κ1) is 19.0. The van der Waals surface area contributed by atoms with Gasteiger partial charge in [-0.2, -0.15) is 0 Å². The number of rotatable bonds is 3. The second-order valence-corrected chi connectivity index (χ2v) is 9.70. The quantitative estimate of drug-likeness (QED) is 0.493. The van der Waals surface area contributed by atoms with Gasteiger partial charge in [-0.25, -0.2) is 0 Å². The van der Waals surface area contributed by atoms with Crippen molar-refractivity contribution in [3.05, 3.63) is 23.3 Å². The van der Waals surface area contributed by atoms with E-state index < -0.39 is 0 Å². The number of fused-ring (bicyclic) bond motifs is 5. The van der Waals surface area contributed by atoms with E-state index >= 15 is 0 Å². The molecule has 3 fully saturated rings. The molecule has 4 aliphatic carbocycles. The normalized spacial score (nSPS) is 42.2. The third-order valence-electron chi connectivity index (χ3n) is 8.63. The molecule has 3 nitrogen and oxygen atoms in total. The van der Waals surface area contributed by atoms with Gasteiger partial charge in [0.1, 0.15) is 0 Å². The molecule has 0 amide bonds. The van der Waals surface area contributed by atoms with Gasteiger partial charge in [0, 0.05) is 6.42 Å². The number of ether oxygens (including phenoxy) is 1. The molecule has 0 bridgehead atoms. The van der Waals surface area contributed by atoms with Crippen molar-refractivity contribution in [3.63, 3.8) is 0 Å². The van der Waals surface area contributed by atoms with Gasteiger partial charge in [0.15, 0.2) is 5.78 Å². The number of carbonyl (C=O) groups is 2. The topological polar surface area (TPSA) is 43.4 Å². The third kappa shape index (κ3) is 3.02. The Kier molecular flexibility index (Phi) is 4.84. The zero-order valence-corrected chi connectivity index (χ0v) is 17.2. The summed E-state index contributed by atoms with van der Waals surface area (Å²) in [6, 6.07) is 0. The number of carbonyl (C=O) groups excluding carboxylic acids is 2. The van der Waals surface area contributed by atoms with Crippen LogP contribution in [0.25, 0.3) is 0 Å². The molecule has 0 unspecified atom stereocenters. The summed E-state index contributed by atoms with van der Waals surface area (Å²) in [6.45, 7) is 7.22. The summed E-state index contributed by atoms with van der Waals surface area (Å²) in [5.74, 6) is 2.48. The predicted molar refractivity (Wildman–Crippen MR) is 106 cm³/mol. The maximum absolute atomic E-state index is 11.9. The molecule has 5 atom stereocenters. The van der Waals surface area contributed by atoms with Gasteiger partial charge in [0.25, 0.3) is 0 Å². The molecular formula is C24H34O3. The molecule has 4 rings (SSSR count). The maximum atomic E-state index is 11.9.